The number of benzene rings is 2. The third-order valence-electron chi connectivity index (χ3n) is 2.96. The minimum atomic E-state index is -1.11. The van der Waals surface area contributed by atoms with Gasteiger partial charge in [0.25, 0.3) is 0 Å². The summed E-state index contributed by atoms with van der Waals surface area (Å²) < 4.78 is 4.72. The lowest BCUT2D eigenvalue weighted by Gasteiger charge is -2.22. The van der Waals surface area contributed by atoms with Crippen molar-refractivity contribution < 1.29 is 9.53 Å². The standard InChI is InChI=1S/C14H15NO2/c1-14(15,13(16)17-2)12-8-7-10-5-3-4-6-11(10)9-12/h3-9H,15H2,1-2H3/t14-/m0/s1. The van der Waals surface area contributed by atoms with E-state index in [4.69, 9.17) is 10.5 Å². The maximum Gasteiger partial charge on any atom is 0.330 e. The van der Waals surface area contributed by atoms with Crippen LogP contribution in [-0.2, 0) is 15.1 Å². The average Bonchev–Trinajstić information content (AvgIpc) is 2.37. The molecule has 0 bridgehead atoms. The van der Waals surface area contributed by atoms with Gasteiger partial charge in [0.15, 0.2) is 0 Å². The highest BCUT2D eigenvalue weighted by atomic mass is 16.5. The highest BCUT2D eigenvalue weighted by Crippen LogP contribution is 2.24. The molecule has 0 aromatic heterocycles. The summed E-state index contributed by atoms with van der Waals surface area (Å²) in [7, 11) is 1.34. The molecule has 3 nitrogen and oxygen atoms in total. The molecule has 0 fully saturated rings. The fourth-order valence-electron chi connectivity index (χ4n) is 1.84. The molecule has 1 atom stereocenters. The smallest absolute Gasteiger partial charge is 0.330 e. The van der Waals surface area contributed by atoms with E-state index in [9.17, 15) is 4.79 Å². The summed E-state index contributed by atoms with van der Waals surface area (Å²) in [5.41, 5.74) is 5.65. The van der Waals surface area contributed by atoms with Gasteiger partial charge in [0.2, 0.25) is 0 Å². The van der Waals surface area contributed by atoms with Gasteiger partial charge < -0.3 is 10.5 Å². The van der Waals surface area contributed by atoms with E-state index < -0.39 is 11.5 Å². The predicted molar refractivity (Wildman–Crippen MR) is 67.5 cm³/mol. The molecule has 2 rings (SSSR count). The van der Waals surface area contributed by atoms with E-state index in [-0.39, 0.29) is 0 Å². The zero-order chi connectivity index (χ0) is 12.5. The highest BCUT2D eigenvalue weighted by molar-refractivity contribution is 5.87. The van der Waals surface area contributed by atoms with Gasteiger partial charge in [0.05, 0.1) is 7.11 Å². The van der Waals surface area contributed by atoms with Gasteiger partial charge >= 0.3 is 5.97 Å². The molecule has 0 aliphatic rings. The van der Waals surface area contributed by atoms with E-state index in [1.165, 1.54) is 7.11 Å². The average molecular weight is 229 g/mol. The Kier molecular flexibility index (Phi) is 2.86. The van der Waals surface area contributed by atoms with Crippen molar-refractivity contribution in [1.82, 2.24) is 0 Å². The molecular formula is C14H15NO2. The van der Waals surface area contributed by atoms with Crippen LogP contribution in [0.25, 0.3) is 10.8 Å². The van der Waals surface area contributed by atoms with Crippen LogP contribution < -0.4 is 5.73 Å². The van der Waals surface area contributed by atoms with Crippen molar-refractivity contribution in [2.45, 2.75) is 12.5 Å². The van der Waals surface area contributed by atoms with Crippen molar-refractivity contribution in [3.8, 4) is 0 Å². The number of esters is 1. The molecular weight excluding hydrogens is 214 g/mol. The number of hydrogen-bond acceptors (Lipinski definition) is 3. The number of nitrogens with two attached hydrogens (primary N) is 1. The number of carbonyl (C=O) groups excluding carboxylic acids is 1. The van der Waals surface area contributed by atoms with E-state index in [0.29, 0.717) is 0 Å². The van der Waals surface area contributed by atoms with Crippen LogP contribution in [0.15, 0.2) is 42.5 Å². The number of rotatable bonds is 2. The van der Waals surface area contributed by atoms with Crippen LogP contribution in [0.4, 0.5) is 0 Å². The SMILES string of the molecule is COC(=O)[C@@](C)(N)c1ccc2ccccc2c1. The van der Waals surface area contributed by atoms with E-state index >= 15 is 0 Å². The third-order valence-corrected chi connectivity index (χ3v) is 2.96. The van der Waals surface area contributed by atoms with Gasteiger partial charge in [-0.3, -0.25) is 0 Å². The summed E-state index contributed by atoms with van der Waals surface area (Å²) in [4.78, 5) is 11.6. The molecule has 88 valence electrons. The summed E-state index contributed by atoms with van der Waals surface area (Å²) >= 11 is 0. The number of fused-ring (bicyclic) bond motifs is 1. The first-order valence-electron chi connectivity index (χ1n) is 5.42. The molecule has 2 N–H and O–H groups in total. The lowest BCUT2D eigenvalue weighted by Crippen LogP contribution is -2.42. The molecule has 2 aromatic rings. The van der Waals surface area contributed by atoms with Crippen LogP contribution in [-0.4, -0.2) is 13.1 Å². The second-order valence-electron chi connectivity index (χ2n) is 4.26. The Hall–Kier alpha value is -1.87. The zero-order valence-corrected chi connectivity index (χ0v) is 9.94. The largest absolute Gasteiger partial charge is 0.467 e. The quantitative estimate of drug-likeness (QED) is 0.803. The van der Waals surface area contributed by atoms with Crippen LogP contribution in [0, 0.1) is 0 Å². The topological polar surface area (TPSA) is 52.3 Å². The second kappa shape index (κ2) is 4.18. The van der Waals surface area contributed by atoms with Gasteiger partial charge in [0.1, 0.15) is 5.54 Å². The van der Waals surface area contributed by atoms with Crippen molar-refractivity contribution in [3.63, 3.8) is 0 Å². The summed E-state index contributed by atoms with van der Waals surface area (Å²) in [6, 6.07) is 13.7. The van der Waals surface area contributed by atoms with Crippen LogP contribution in [0.2, 0.25) is 0 Å². The van der Waals surface area contributed by atoms with Crippen LogP contribution in [0.1, 0.15) is 12.5 Å². The van der Waals surface area contributed by atoms with Crippen LogP contribution in [0.5, 0.6) is 0 Å². The number of hydrogen-bond donors (Lipinski definition) is 1. The Bertz CT molecular complexity index is 561. The summed E-state index contributed by atoms with van der Waals surface area (Å²) in [6.07, 6.45) is 0. The molecule has 0 saturated heterocycles. The third kappa shape index (κ3) is 2.01. The van der Waals surface area contributed by atoms with E-state index in [2.05, 4.69) is 0 Å². The fourth-order valence-corrected chi connectivity index (χ4v) is 1.84. The second-order valence-corrected chi connectivity index (χ2v) is 4.26. The molecule has 0 radical (unpaired) electrons. The minimum absolute atomic E-state index is 0.437. The van der Waals surface area contributed by atoms with E-state index in [1.54, 1.807) is 6.92 Å². The van der Waals surface area contributed by atoms with E-state index in [1.807, 2.05) is 42.5 Å². The first-order valence-corrected chi connectivity index (χ1v) is 5.42. The maximum atomic E-state index is 11.6. The van der Waals surface area contributed by atoms with Crippen molar-refractivity contribution in [1.29, 1.82) is 0 Å². The van der Waals surface area contributed by atoms with Crippen molar-refractivity contribution in [3.05, 3.63) is 48.0 Å². The molecule has 0 amide bonds. The van der Waals surface area contributed by atoms with Crippen molar-refractivity contribution in [2.24, 2.45) is 5.73 Å². The Labute approximate surface area is 100 Å². The minimum Gasteiger partial charge on any atom is -0.467 e. The Morgan fingerprint density at radius 1 is 1.18 bits per heavy atom. The molecule has 0 aliphatic carbocycles. The van der Waals surface area contributed by atoms with Gasteiger partial charge in [-0.1, -0.05) is 36.4 Å². The van der Waals surface area contributed by atoms with Crippen molar-refractivity contribution in [2.75, 3.05) is 7.11 Å². The number of methoxy groups -OCH3 is 1. The van der Waals surface area contributed by atoms with Gasteiger partial charge in [-0.25, -0.2) is 4.79 Å². The first-order chi connectivity index (χ1) is 8.05. The maximum absolute atomic E-state index is 11.6. The molecule has 2 aromatic carbocycles. The fraction of sp³-hybridized carbons (Fsp3) is 0.214. The van der Waals surface area contributed by atoms with Crippen LogP contribution >= 0.6 is 0 Å². The Balaban J connectivity index is 2.53. The molecule has 0 saturated carbocycles. The zero-order valence-electron chi connectivity index (χ0n) is 9.94. The van der Waals surface area contributed by atoms with Gasteiger partial charge in [-0.05, 0) is 29.3 Å². The predicted octanol–water partition coefficient (Wildman–Crippen LogP) is 2.19. The molecule has 0 spiro atoms. The van der Waals surface area contributed by atoms with Gasteiger partial charge in [0, 0.05) is 0 Å². The monoisotopic (exact) mass is 229 g/mol. The van der Waals surface area contributed by atoms with Gasteiger partial charge in [-0.2, -0.15) is 0 Å². The molecule has 0 heterocycles. The highest BCUT2D eigenvalue weighted by Gasteiger charge is 2.31. The Morgan fingerprint density at radius 2 is 1.82 bits per heavy atom. The normalized spacial score (nSPS) is 14.3. The molecule has 0 unspecified atom stereocenters. The molecule has 0 aliphatic heterocycles. The van der Waals surface area contributed by atoms with Crippen LogP contribution in [0.3, 0.4) is 0 Å². The lowest BCUT2D eigenvalue weighted by atomic mass is 9.91. The molecule has 3 heteroatoms. The van der Waals surface area contributed by atoms with Crippen molar-refractivity contribution >= 4 is 16.7 Å². The summed E-state index contributed by atoms with van der Waals surface area (Å²) in [6.45, 7) is 1.66. The number of carbonyl (C=O) groups is 1. The van der Waals surface area contributed by atoms with E-state index in [0.717, 1.165) is 16.3 Å². The molecule has 17 heavy (non-hydrogen) atoms. The summed E-state index contributed by atoms with van der Waals surface area (Å²) in [5, 5.41) is 2.18. The first kappa shape index (κ1) is 11.6. The lowest BCUT2D eigenvalue weighted by molar-refractivity contribution is -0.146. The Morgan fingerprint density at radius 3 is 2.47 bits per heavy atom. The van der Waals surface area contributed by atoms with Gasteiger partial charge in [-0.15, -0.1) is 0 Å². The summed E-state index contributed by atoms with van der Waals surface area (Å²) in [5.74, 6) is -0.437. The number of ether oxygens (including phenoxy) is 1.